The molecule has 1 aromatic carbocycles. The van der Waals surface area contributed by atoms with Crippen molar-refractivity contribution < 1.29 is 22.8 Å². The van der Waals surface area contributed by atoms with E-state index in [0.717, 1.165) is 12.1 Å². The van der Waals surface area contributed by atoms with Crippen LogP contribution >= 0.6 is 0 Å². The monoisotopic (exact) mass is 345 g/mol. The van der Waals surface area contributed by atoms with Gasteiger partial charge in [-0.05, 0) is 30.5 Å². The van der Waals surface area contributed by atoms with E-state index in [1.165, 1.54) is 12.1 Å². The number of alkyl halides is 3. The Morgan fingerprint density at radius 2 is 1.67 bits per heavy atom. The molecule has 2 atom stereocenters. The molecule has 24 heavy (non-hydrogen) atoms. The summed E-state index contributed by atoms with van der Waals surface area (Å²) in [6.07, 6.45) is -4.40. The van der Waals surface area contributed by atoms with Crippen molar-refractivity contribution in [1.29, 1.82) is 0 Å². The highest BCUT2D eigenvalue weighted by Crippen LogP contribution is 2.29. The Morgan fingerprint density at radius 1 is 1.12 bits per heavy atom. The van der Waals surface area contributed by atoms with Gasteiger partial charge in [-0.1, -0.05) is 26.0 Å². The van der Waals surface area contributed by atoms with E-state index in [4.69, 9.17) is 5.73 Å². The molecule has 0 bridgehead atoms. The maximum absolute atomic E-state index is 12.5. The average molecular weight is 345 g/mol. The van der Waals surface area contributed by atoms with Crippen LogP contribution in [-0.2, 0) is 15.8 Å². The lowest BCUT2D eigenvalue weighted by atomic mass is 10.0. The molecule has 0 spiro atoms. The molecule has 0 saturated heterocycles. The van der Waals surface area contributed by atoms with Gasteiger partial charge in [0.2, 0.25) is 11.8 Å². The molecule has 1 aromatic rings. The minimum Gasteiger partial charge on any atom is -0.348 e. The standard InChI is InChI=1S/C16H22F3N3O2/c1-9(2)14(20)15(24)21-8-13(23)22-10(3)11-4-6-12(7-5-11)16(17,18)19/h4-7,9-10,14H,8,20H2,1-3H3,(H,21,24)(H,22,23)/t10?,14-/m0/s1. The number of halogens is 3. The second kappa shape index (κ2) is 8.14. The number of hydrogen-bond donors (Lipinski definition) is 3. The van der Waals surface area contributed by atoms with Gasteiger partial charge in [0, 0.05) is 0 Å². The molecule has 134 valence electrons. The van der Waals surface area contributed by atoms with Gasteiger partial charge in [-0.2, -0.15) is 13.2 Å². The van der Waals surface area contributed by atoms with E-state index >= 15 is 0 Å². The largest absolute Gasteiger partial charge is 0.416 e. The molecule has 5 nitrogen and oxygen atoms in total. The predicted molar refractivity (Wildman–Crippen MR) is 83.8 cm³/mol. The number of carbonyl (C=O) groups excluding carboxylic acids is 2. The number of amides is 2. The Hall–Kier alpha value is -2.09. The van der Waals surface area contributed by atoms with Crippen LogP contribution in [0.25, 0.3) is 0 Å². The molecule has 0 aliphatic carbocycles. The van der Waals surface area contributed by atoms with Crippen molar-refractivity contribution in [2.45, 2.75) is 39.0 Å². The zero-order chi connectivity index (χ0) is 18.5. The molecule has 0 aromatic heterocycles. The van der Waals surface area contributed by atoms with Gasteiger partial charge in [0.15, 0.2) is 0 Å². The first kappa shape index (κ1) is 20.0. The van der Waals surface area contributed by atoms with Gasteiger partial charge < -0.3 is 16.4 Å². The van der Waals surface area contributed by atoms with Crippen LogP contribution in [0.1, 0.15) is 37.9 Å². The highest BCUT2D eigenvalue weighted by Gasteiger charge is 2.30. The summed E-state index contributed by atoms with van der Waals surface area (Å²) in [5, 5.41) is 5.03. The number of nitrogens with two attached hydrogens (primary N) is 1. The minimum atomic E-state index is -4.40. The van der Waals surface area contributed by atoms with Crippen molar-refractivity contribution in [2.75, 3.05) is 6.54 Å². The van der Waals surface area contributed by atoms with Crippen molar-refractivity contribution >= 4 is 11.8 Å². The van der Waals surface area contributed by atoms with Crippen LogP contribution in [-0.4, -0.2) is 24.4 Å². The molecule has 4 N–H and O–H groups in total. The van der Waals surface area contributed by atoms with Gasteiger partial charge in [-0.25, -0.2) is 0 Å². The Bertz CT molecular complexity index is 571. The van der Waals surface area contributed by atoms with Crippen molar-refractivity contribution in [2.24, 2.45) is 11.7 Å². The first-order valence-corrected chi connectivity index (χ1v) is 7.52. The summed E-state index contributed by atoms with van der Waals surface area (Å²) in [7, 11) is 0. The highest BCUT2D eigenvalue weighted by atomic mass is 19.4. The van der Waals surface area contributed by atoms with E-state index in [9.17, 15) is 22.8 Å². The van der Waals surface area contributed by atoms with Gasteiger partial charge in [0.25, 0.3) is 0 Å². The molecule has 0 fully saturated rings. The van der Waals surface area contributed by atoms with Crippen LogP contribution in [0, 0.1) is 5.92 Å². The van der Waals surface area contributed by atoms with E-state index in [2.05, 4.69) is 10.6 Å². The lowest BCUT2D eigenvalue weighted by Gasteiger charge is -2.17. The number of carbonyl (C=O) groups is 2. The smallest absolute Gasteiger partial charge is 0.348 e. The molecular formula is C16H22F3N3O2. The van der Waals surface area contributed by atoms with E-state index in [-0.39, 0.29) is 12.5 Å². The second-order valence-electron chi connectivity index (χ2n) is 5.90. The summed E-state index contributed by atoms with van der Waals surface area (Å²) in [5.74, 6) is -0.937. The third-order valence-corrected chi connectivity index (χ3v) is 3.56. The highest BCUT2D eigenvalue weighted by molar-refractivity contribution is 5.87. The Morgan fingerprint density at radius 3 is 2.12 bits per heavy atom. The second-order valence-corrected chi connectivity index (χ2v) is 5.90. The Balaban J connectivity index is 2.54. The summed E-state index contributed by atoms with van der Waals surface area (Å²) in [6, 6.07) is 3.34. The lowest BCUT2D eigenvalue weighted by molar-refractivity contribution is -0.137. The molecule has 2 amide bonds. The summed E-state index contributed by atoms with van der Waals surface area (Å²) in [5.41, 5.74) is 5.43. The molecule has 1 rings (SSSR count). The third-order valence-electron chi connectivity index (χ3n) is 3.56. The average Bonchev–Trinajstić information content (AvgIpc) is 2.50. The lowest BCUT2D eigenvalue weighted by Crippen LogP contribution is -2.47. The fourth-order valence-electron chi connectivity index (χ4n) is 1.92. The Labute approximate surface area is 138 Å². The molecule has 0 heterocycles. The number of nitrogens with one attached hydrogen (secondary N) is 2. The molecular weight excluding hydrogens is 323 g/mol. The number of rotatable bonds is 6. The van der Waals surface area contributed by atoms with Gasteiger partial charge in [0.05, 0.1) is 24.2 Å². The molecule has 0 aliphatic rings. The van der Waals surface area contributed by atoms with Crippen LogP contribution in [0.15, 0.2) is 24.3 Å². The van der Waals surface area contributed by atoms with Gasteiger partial charge in [0.1, 0.15) is 0 Å². The van der Waals surface area contributed by atoms with Gasteiger partial charge >= 0.3 is 6.18 Å². The fourth-order valence-corrected chi connectivity index (χ4v) is 1.92. The summed E-state index contributed by atoms with van der Waals surface area (Å²) in [6.45, 7) is 4.97. The minimum absolute atomic E-state index is 0.0564. The quantitative estimate of drug-likeness (QED) is 0.737. The molecule has 0 saturated carbocycles. The third kappa shape index (κ3) is 5.84. The summed E-state index contributed by atoms with van der Waals surface area (Å²) < 4.78 is 37.5. The van der Waals surface area contributed by atoms with E-state index in [1.807, 2.05) is 0 Å². The van der Waals surface area contributed by atoms with Crippen molar-refractivity contribution in [3.8, 4) is 0 Å². The maximum atomic E-state index is 12.5. The number of hydrogen-bond acceptors (Lipinski definition) is 3. The van der Waals surface area contributed by atoms with Crippen molar-refractivity contribution in [3.05, 3.63) is 35.4 Å². The first-order chi connectivity index (χ1) is 11.0. The van der Waals surface area contributed by atoms with E-state index < -0.39 is 35.6 Å². The van der Waals surface area contributed by atoms with Crippen LogP contribution in [0.4, 0.5) is 13.2 Å². The van der Waals surface area contributed by atoms with Crippen LogP contribution in [0.3, 0.4) is 0 Å². The van der Waals surface area contributed by atoms with Gasteiger partial charge in [-0.3, -0.25) is 9.59 Å². The van der Waals surface area contributed by atoms with Crippen molar-refractivity contribution in [1.82, 2.24) is 10.6 Å². The van der Waals surface area contributed by atoms with E-state index in [0.29, 0.717) is 5.56 Å². The SMILES string of the molecule is CC(NC(=O)CNC(=O)[C@@H](N)C(C)C)c1ccc(C(F)(F)F)cc1. The van der Waals surface area contributed by atoms with Crippen LogP contribution in [0.2, 0.25) is 0 Å². The normalized spacial score (nSPS) is 14.2. The topological polar surface area (TPSA) is 84.2 Å². The first-order valence-electron chi connectivity index (χ1n) is 7.52. The van der Waals surface area contributed by atoms with Crippen LogP contribution in [0.5, 0.6) is 0 Å². The zero-order valence-corrected chi connectivity index (χ0v) is 13.8. The molecule has 0 aliphatic heterocycles. The summed E-state index contributed by atoms with van der Waals surface area (Å²) >= 11 is 0. The van der Waals surface area contributed by atoms with Gasteiger partial charge in [-0.15, -0.1) is 0 Å². The van der Waals surface area contributed by atoms with E-state index in [1.54, 1.807) is 20.8 Å². The number of benzene rings is 1. The fraction of sp³-hybridized carbons (Fsp3) is 0.500. The van der Waals surface area contributed by atoms with Crippen molar-refractivity contribution in [3.63, 3.8) is 0 Å². The predicted octanol–water partition coefficient (Wildman–Crippen LogP) is 1.98. The summed E-state index contributed by atoms with van der Waals surface area (Å²) in [4.78, 5) is 23.5. The maximum Gasteiger partial charge on any atom is 0.416 e. The molecule has 8 heteroatoms. The molecule has 1 unspecified atom stereocenters. The molecule has 0 radical (unpaired) electrons. The zero-order valence-electron chi connectivity index (χ0n) is 13.8. The van der Waals surface area contributed by atoms with Crippen LogP contribution < -0.4 is 16.4 Å². The Kier molecular flexibility index (Phi) is 6.77.